The maximum atomic E-state index is 9.07. The molecule has 4 heterocycles. The number of fused-ring (bicyclic) bond motifs is 2. The Morgan fingerprint density at radius 2 is 2.00 bits per heavy atom. The van der Waals surface area contributed by atoms with Gasteiger partial charge in [-0.15, -0.1) is 11.3 Å². The summed E-state index contributed by atoms with van der Waals surface area (Å²) in [7, 11) is 1.94. The lowest BCUT2D eigenvalue weighted by Gasteiger charge is -2.21. The van der Waals surface area contributed by atoms with Crippen molar-refractivity contribution in [3.05, 3.63) is 41.5 Å². The van der Waals surface area contributed by atoms with Gasteiger partial charge in [0.25, 0.3) is 6.71 Å². The molecule has 0 bridgehead atoms. The van der Waals surface area contributed by atoms with E-state index in [1.165, 1.54) is 9.58 Å². The van der Waals surface area contributed by atoms with Gasteiger partial charge in [-0.05, 0) is 30.2 Å². The Balaban J connectivity index is 1.43. The van der Waals surface area contributed by atoms with Crippen molar-refractivity contribution in [1.82, 2.24) is 19.6 Å². The average Bonchev–Trinajstić information content (AvgIpc) is 3.32. The number of rotatable bonds is 2. The van der Waals surface area contributed by atoms with E-state index in [9.17, 15) is 0 Å². The van der Waals surface area contributed by atoms with Crippen LogP contribution in [-0.2, 0) is 7.05 Å². The van der Waals surface area contributed by atoms with Crippen LogP contribution in [0.5, 0.6) is 0 Å². The summed E-state index contributed by atoms with van der Waals surface area (Å²) in [5.74, 6) is 3.02. The molecular formula is C19H18BN5S. The topological polar surface area (TPSA) is 59.4 Å². The van der Waals surface area contributed by atoms with Crippen LogP contribution >= 0.6 is 11.3 Å². The molecule has 5 rings (SSSR count). The van der Waals surface area contributed by atoms with E-state index in [0.717, 1.165) is 47.6 Å². The van der Waals surface area contributed by atoms with Gasteiger partial charge in [-0.1, -0.05) is 25.5 Å². The summed E-state index contributed by atoms with van der Waals surface area (Å²) in [4.78, 5) is 1.42. The zero-order chi connectivity index (χ0) is 17.7. The smallest absolute Gasteiger partial charge is 0.267 e. The molecule has 1 aliphatic rings. The van der Waals surface area contributed by atoms with E-state index in [2.05, 4.69) is 35.5 Å². The van der Waals surface area contributed by atoms with E-state index < -0.39 is 0 Å². The molecule has 26 heavy (non-hydrogen) atoms. The van der Waals surface area contributed by atoms with Crippen LogP contribution in [0, 0.1) is 11.2 Å². The van der Waals surface area contributed by atoms with Crippen molar-refractivity contribution in [3.63, 3.8) is 0 Å². The molecule has 0 spiro atoms. The monoisotopic (exact) mass is 359 g/mol. The summed E-state index contributed by atoms with van der Waals surface area (Å²) in [6.07, 6.45) is 8.46. The second kappa shape index (κ2) is 5.99. The highest BCUT2D eigenvalue weighted by atomic mass is 32.1. The Morgan fingerprint density at radius 1 is 1.15 bits per heavy atom. The lowest BCUT2D eigenvalue weighted by Crippen LogP contribution is -2.18. The minimum Gasteiger partial charge on any atom is -0.275 e. The highest BCUT2D eigenvalue weighted by Crippen LogP contribution is 2.39. The van der Waals surface area contributed by atoms with E-state index in [4.69, 9.17) is 10.4 Å². The van der Waals surface area contributed by atoms with Gasteiger partial charge in [-0.3, -0.25) is 4.68 Å². The molecule has 7 heteroatoms. The number of aromatic nitrogens is 4. The molecule has 5 nitrogen and oxygen atoms in total. The predicted molar refractivity (Wildman–Crippen MR) is 106 cm³/mol. The molecule has 0 N–H and O–H groups in total. The molecule has 1 aliphatic heterocycles. The maximum absolute atomic E-state index is 9.07. The first-order valence-electron chi connectivity index (χ1n) is 9.02. The molecule has 4 aromatic rings. The summed E-state index contributed by atoms with van der Waals surface area (Å²) in [5, 5.41) is 19.4. The third kappa shape index (κ3) is 2.62. The average molecular weight is 359 g/mol. The first kappa shape index (κ1) is 15.7. The van der Waals surface area contributed by atoms with Crippen molar-refractivity contribution in [3.8, 4) is 11.7 Å². The number of aryl methyl sites for hydroxylation is 1. The van der Waals surface area contributed by atoms with Crippen molar-refractivity contribution in [2.75, 3.05) is 0 Å². The van der Waals surface area contributed by atoms with Crippen LogP contribution in [0.1, 0.15) is 23.6 Å². The maximum Gasteiger partial charge on any atom is 0.267 e. The van der Waals surface area contributed by atoms with Crippen LogP contribution in [0.4, 0.5) is 0 Å². The van der Waals surface area contributed by atoms with Gasteiger partial charge in [-0.25, -0.2) is 9.94 Å². The van der Waals surface area contributed by atoms with Crippen LogP contribution in [0.2, 0.25) is 12.6 Å². The Bertz CT molecular complexity index is 1110. The minimum atomic E-state index is 0.257. The van der Waals surface area contributed by atoms with Gasteiger partial charge in [-0.2, -0.15) is 10.2 Å². The third-order valence-electron chi connectivity index (χ3n) is 5.39. The highest BCUT2D eigenvalue weighted by Gasteiger charge is 2.26. The van der Waals surface area contributed by atoms with Crippen LogP contribution in [-0.4, -0.2) is 26.3 Å². The summed E-state index contributed by atoms with van der Waals surface area (Å²) in [5.41, 5.74) is 3.13. The molecule has 0 amide bonds. The fourth-order valence-electron chi connectivity index (χ4n) is 3.96. The fraction of sp³-hybridized carbons (Fsp3) is 0.316. The highest BCUT2D eigenvalue weighted by molar-refractivity contribution is 7.19. The zero-order valence-corrected chi connectivity index (χ0v) is 15.4. The first-order valence-corrected chi connectivity index (χ1v) is 9.84. The lowest BCUT2D eigenvalue weighted by atomic mass is 9.42. The number of hydrogen-bond acceptors (Lipinski definition) is 4. The number of nitrogens with zero attached hydrogens (tertiary/aromatic N) is 5. The molecule has 0 aliphatic carbocycles. The Morgan fingerprint density at radius 3 is 2.77 bits per heavy atom. The van der Waals surface area contributed by atoms with Gasteiger partial charge in [0.2, 0.25) is 0 Å². The van der Waals surface area contributed by atoms with Crippen molar-refractivity contribution < 1.29 is 0 Å². The summed E-state index contributed by atoms with van der Waals surface area (Å²) in [6, 6.07) is 8.48. The normalized spacial score (nSPS) is 15.8. The molecule has 1 aromatic carbocycles. The standard InChI is InChI=1S/C19H18BN5S/c1-24-10-14-8-15(2-3-16(14)22-24)25-11-19-17(23-25)9-18(26-19)13-4-6-20(12-21)7-5-13/h2-3,8-11,13H,4-7H2,1H3. The summed E-state index contributed by atoms with van der Waals surface area (Å²) < 4.78 is 5.03. The number of hydrogen-bond donors (Lipinski definition) is 0. The second-order valence-electron chi connectivity index (χ2n) is 7.20. The molecule has 0 radical (unpaired) electrons. The number of benzene rings is 1. The van der Waals surface area contributed by atoms with Gasteiger partial charge < -0.3 is 0 Å². The Kier molecular flexibility index (Phi) is 3.61. The molecule has 3 aromatic heterocycles. The van der Waals surface area contributed by atoms with Crippen molar-refractivity contribution in [2.45, 2.75) is 31.4 Å². The van der Waals surface area contributed by atoms with Crippen LogP contribution in [0.15, 0.2) is 36.7 Å². The number of thiophene rings is 1. The van der Waals surface area contributed by atoms with Crippen molar-refractivity contribution >= 4 is 39.2 Å². The van der Waals surface area contributed by atoms with E-state index >= 15 is 0 Å². The number of nitriles is 1. The molecule has 128 valence electrons. The van der Waals surface area contributed by atoms with Crippen molar-refractivity contribution in [2.24, 2.45) is 7.05 Å². The van der Waals surface area contributed by atoms with Crippen molar-refractivity contribution in [1.29, 1.82) is 5.26 Å². The third-order valence-corrected chi connectivity index (χ3v) is 6.61. The second-order valence-corrected chi connectivity index (χ2v) is 8.31. The molecule has 1 fully saturated rings. The van der Waals surface area contributed by atoms with E-state index in [-0.39, 0.29) is 6.71 Å². The van der Waals surface area contributed by atoms with Gasteiger partial charge in [0.15, 0.2) is 0 Å². The Labute approximate surface area is 155 Å². The van der Waals surface area contributed by atoms with Crippen LogP contribution in [0.25, 0.3) is 26.8 Å². The fourth-order valence-corrected chi connectivity index (χ4v) is 5.14. The summed E-state index contributed by atoms with van der Waals surface area (Å²) >= 11 is 1.85. The Hall–Kier alpha value is -2.59. The van der Waals surface area contributed by atoms with E-state index in [1.807, 2.05) is 40.0 Å². The molecule has 1 saturated heterocycles. The van der Waals surface area contributed by atoms with Gasteiger partial charge in [0.05, 0.1) is 15.9 Å². The lowest BCUT2D eigenvalue weighted by molar-refractivity contribution is 0.621. The van der Waals surface area contributed by atoms with Gasteiger partial charge >= 0.3 is 0 Å². The van der Waals surface area contributed by atoms with Gasteiger partial charge in [0.1, 0.15) is 5.52 Å². The first-order chi connectivity index (χ1) is 12.7. The van der Waals surface area contributed by atoms with E-state index in [0.29, 0.717) is 5.92 Å². The van der Waals surface area contributed by atoms with Crippen LogP contribution in [0.3, 0.4) is 0 Å². The molecule has 0 saturated carbocycles. The largest absolute Gasteiger partial charge is 0.275 e. The molecule has 0 atom stereocenters. The SMILES string of the molecule is Cn1cc2cc(-n3cc4sc(C5CCB(C#N)CC5)cc4n3)ccc2n1. The van der Waals surface area contributed by atoms with E-state index in [1.54, 1.807) is 0 Å². The quantitative estimate of drug-likeness (QED) is 0.498. The summed E-state index contributed by atoms with van der Waals surface area (Å²) in [6.45, 7) is 0.257. The zero-order valence-electron chi connectivity index (χ0n) is 14.6. The van der Waals surface area contributed by atoms with Gasteiger partial charge in [0, 0.05) is 35.7 Å². The van der Waals surface area contributed by atoms with Crippen LogP contribution < -0.4 is 0 Å². The molecular weight excluding hydrogens is 341 g/mol. The minimum absolute atomic E-state index is 0.257. The molecule has 0 unspecified atom stereocenters. The predicted octanol–water partition coefficient (Wildman–Crippen LogP) is 4.41.